The molecule has 30 heavy (non-hydrogen) atoms. The summed E-state index contributed by atoms with van der Waals surface area (Å²) in [5, 5.41) is 8.88. The largest absolute Gasteiger partial charge is 0.477 e. The molecule has 1 saturated heterocycles. The summed E-state index contributed by atoms with van der Waals surface area (Å²) in [6, 6.07) is 0.0396. The number of aromatic carboxylic acids is 1. The molecule has 4 atom stereocenters. The molecule has 2 aliphatic carbocycles. The number of anilines is 1. The number of nitrogens with two attached hydrogens (primary N) is 1. The number of benzene rings is 1. The topological polar surface area (TPSA) is 88.6 Å². The van der Waals surface area contributed by atoms with Crippen LogP contribution < -0.4 is 16.1 Å². The Hall–Kier alpha value is -3.07. The second kappa shape index (κ2) is 6.21. The van der Waals surface area contributed by atoms with Crippen LogP contribution in [0.3, 0.4) is 0 Å². The van der Waals surface area contributed by atoms with E-state index in [0.29, 0.717) is 0 Å². The minimum atomic E-state index is -1.54. The Kier molecular flexibility index (Phi) is 3.92. The molecule has 2 unspecified atom stereocenters. The van der Waals surface area contributed by atoms with Gasteiger partial charge in [-0.3, -0.25) is 4.79 Å². The fraction of sp³-hybridized carbons (Fsp3) is 0.333. The lowest BCUT2D eigenvalue weighted by atomic mass is 9.85. The van der Waals surface area contributed by atoms with E-state index in [1.165, 1.54) is 4.90 Å². The molecule has 1 aliphatic heterocycles. The van der Waals surface area contributed by atoms with Crippen molar-refractivity contribution in [3.05, 3.63) is 64.0 Å². The lowest BCUT2D eigenvalue weighted by molar-refractivity contribution is 0.0694. The van der Waals surface area contributed by atoms with E-state index < -0.39 is 51.7 Å². The minimum absolute atomic E-state index is 0.0659. The van der Waals surface area contributed by atoms with Gasteiger partial charge >= 0.3 is 5.97 Å². The number of hydrogen-bond acceptors (Lipinski definition) is 4. The number of aromatic nitrogens is 1. The number of allylic oxidation sites excluding steroid dienone is 2. The van der Waals surface area contributed by atoms with Crippen molar-refractivity contribution >= 4 is 22.6 Å². The third-order valence-electron chi connectivity index (χ3n) is 6.20. The maximum absolute atomic E-state index is 15.7. The van der Waals surface area contributed by atoms with Crippen LogP contribution in [0.1, 0.15) is 22.8 Å². The van der Waals surface area contributed by atoms with Gasteiger partial charge in [0.1, 0.15) is 23.2 Å². The number of alkyl halides is 1. The number of nitrogens with zero attached hydrogens (tertiary/aromatic N) is 2. The maximum atomic E-state index is 15.7. The molecule has 9 heteroatoms. The summed E-state index contributed by atoms with van der Waals surface area (Å²) >= 11 is 0. The van der Waals surface area contributed by atoms with Crippen LogP contribution in [0.4, 0.5) is 18.9 Å². The molecule has 1 saturated carbocycles. The Labute approximate surface area is 168 Å². The average molecular weight is 417 g/mol. The van der Waals surface area contributed by atoms with Gasteiger partial charge in [-0.25, -0.2) is 18.0 Å². The number of rotatable bonds is 3. The predicted octanol–water partition coefficient (Wildman–Crippen LogP) is 2.52. The second-order valence-electron chi connectivity index (χ2n) is 8.16. The number of carbonyl (C=O) groups is 1. The van der Waals surface area contributed by atoms with Gasteiger partial charge < -0.3 is 20.3 Å². The van der Waals surface area contributed by atoms with Crippen LogP contribution in [0.15, 0.2) is 41.4 Å². The fourth-order valence-electron chi connectivity index (χ4n) is 4.51. The highest BCUT2D eigenvalue weighted by Crippen LogP contribution is 2.43. The first-order chi connectivity index (χ1) is 14.2. The summed E-state index contributed by atoms with van der Waals surface area (Å²) in [6.45, 7) is 0.424. The molecule has 5 rings (SSSR count). The smallest absolute Gasteiger partial charge is 0.341 e. The Bertz CT molecular complexity index is 1220. The van der Waals surface area contributed by atoms with E-state index in [2.05, 4.69) is 0 Å². The number of carboxylic acid groups (broad SMARTS) is 1. The number of hydrogen-bond donors (Lipinski definition) is 2. The summed E-state index contributed by atoms with van der Waals surface area (Å²) in [5.74, 6) is -3.70. The molecule has 6 nitrogen and oxygen atoms in total. The van der Waals surface area contributed by atoms with Gasteiger partial charge in [-0.2, -0.15) is 0 Å². The Balaban J connectivity index is 1.73. The highest BCUT2D eigenvalue weighted by atomic mass is 19.1. The highest BCUT2D eigenvalue weighted by molar-refractivity contribution is 5.94. The molecule has 3 aliphatic rings. The minimum Gasteiger partial charge on any atom is -0.477 e. The zero-order valence-electron chi connectivity index (χ0n) is 15.7. The van der Waals surface area contributed by atoms with Gasteiger partial charge in [0.05, 0.1) is 22.5 Å². The molecule has 0 spiro atoms. The van der Waals surface area contributed by atoms with Gasteiger partial charge in [0, 0.05) is 31.6 Å². The van der Waals surface area contributed by atoms with Crippen molar-refractivity contribution in [2.24, 2.45) is 11.7 Å². The molecular weight excluding hydrogens is 399 g/mol. The third-order valence-corrected chi connectivity index (χ3v) is 6.20. The monoisotopic (exact) mass is 417 g/mol. The van der Waals surface area contributed by atoms with Crippen LogP contribution in [0, 0.1) is 17.6 Å². The van der Waals surface area contributed by atoms with Crippen molar-refractivity contribution in [3.63, 3.8) is 0 Å². The van der Waals surface area contributed by atoms with Crippen molar-refractivity contribution in [2.75, 3.05) is 18.0 Å². The molecule has 2 fully saturated rings. The molecule has 1 aromatic heterocycles. The summed E-state index contributed by atoms with van der Waals surface area (Å²) in [6.07, 6.45) is 7.00. The Morgan fingerprint density at radius 1 is 1.30 bits per heavy atom. The zero-order chi connectivity index (χ0) is 21.4. The van der Waals surface area contributed by atoms with Crippen LogP contribution >= 0.6 is 0 Å². The Morgan fingerprint density at radius 3 is 2.67 bits per heavy atom. The van der Waals surface area contributed by atoms with Gasteiger partial charge in [0.15, 0.2) is 5.82 Å². The molecule has 0 amide bonds. The van der Waals surface area contributed by atoms with Crippen molar-refractivity contribution in [1.82, 2.24) is 4.57 Å². The van der Waals surface area contributed by atoms with E-state index in [9.17, 15) is 19.1 Å². The normalized spacial score (nSPS) is 29.5. The molecule has 0 radical (unpaired) electrons. The first-order valence-corrected chi connectivity index (χ1v) is 9.55. The van der Waals surface area contributed by atoms with Gasteiger partial charge in [-0.1, -0.05) is 24.3 Å². The molecule has 156 valence electrons. The van der Waals surface area contributed by atoms with E-state index >= 15 is 8.78 Å². The number of halogens is 3. The van der Waals surface area contributed by atoms with Crippen LogP contribution in [-0.4, -0.2) is 40.4 Å². The quantitative estimate of drug-likeness (QED) is 0.801. The van der Waals surface area contributed by atoms with Gasteiger partial charge in [0.25, 0.3) is 0 Å². The van der Waals surface area contributed by atoms with Crippen LogP contribution in [0.5, 0.6) is 0 Å². The van der Waals surface area contributed by atoms with E-state index in [1.54, 1.807) is 12.2 Å². The number of fused-ring (bicyclic) bond motifs is 2. The number of carboxylic acids is 1. The highest BCUT2D eigenvalue weighted by Gasteiger charge is 2.44. The molecule has 3 N–H and O–H groups in total. The van der Waals surface area contributed by atoms with E-state index in [-0.39, 0.29) is 36.6 Å². The standard InChI is InChI=1S/C21H18F3N3O3/c22-13-6-15(13)27-8-12(20(29)30)19(28)11-5-14(23)18(16(24)17(11)27)26-7-10-3-1-2-4-21(10,25)9-26/h1-5,8,10,13,15H,6-7,9,25H2,(H,29,30)/t10?,13-,15+,21?/m0/s1. The SMILES string of the molecule is NC12C=CC=CC1CN(c1c(F)cc3c(=O)c(C(=O)O)cn([C@@H]4C[C@@H]4F)c3c1F)C2. The summed E-state index contributed by atoms with van der Waals surface area (Å²) < 4.78 is 45.6. The van der Waals surface area contributed by atoms with Gasteiger partial charge in [-0.05, 0) is 6.07 Å². The average Bonchev–Trinajstić information content (AvgIpc) is 3.29. The van der Waals surface area contributed by atoms with Crippen LogP contribution in [0.25, 0.3) is 10.9 Å². The molecule has 2 aromatic rings. The van der Waals surface area contributed by atoms with Crippen molar-refractivity contribution in [3.8, 4) is 0 Å². The summed E-state index contributed by atoms with van der Waals surface area (Å²) in [7, 11) is 0. The van der Waals surface area contributed by atoms with Crippen molar-refractivity contribution in [2.45, 2.75) is 24.2 Å². The third kappa shape index (κ3) is 2.61. The van der Waals surface area contributed by atoms with E-state index in [0.717, 1.165) is 16.8 Å². The lowest BCUT2D eigenvalue weighted by Crippen LogP contribution is -2.46. The van der Waals surface area contributed by atoms with E-state index in [4.69, 9.17) is 5.73 Å². The fourth-order valence-corrected chi connectivity index (χ4v) is 4.51. The van der Waals surface area contributed by atoms with Crippen LogP contribution in [-0.2, 0) is 0 Å². The summed E-state index contributed by atoms with van der Waals surface area (Å²) in [5.41, 5.74) is 3.30. The van der Waals surface area contributed by atoms with E-state index in [1.807, 2.05) is 12.2 Å². The summed E-state index contributed by atoms with van der Waals surface area (Å²) in [4.78, 5) is 25.5. The van der Waals surface area contributed by atoms with Crippen LogP contribution in [0.2, 0.25) is 0 Å². The maximum Gasteiger partial charge on any atom is 0.341 e. The predicted molar refractivity (Wildman–Crippen MR) is 105 cm³/mol. The van der Waals surface area contributed by atoms with Gasteiger partial charge in [-0.15, -0.1) is 0 Å². The first kappa shape index (κ1) is 18.9. The molecule has 0 bridgehead atoms. The second-order valence-corrected chi connectivity index (χ2v) is 8.16. The van der Waals surface area contributed by atoms with Crippen molar-refractivity contribution in [1.29, 1.82) is 0 Å². The van der Waals surface area contributed by atoms with Crippen molar-refractivity contribution < 1.29 is 23.1 Å². The first-order valence-electron chi connectivity index (χ1n) is 9.55. The Morgan fingerprint density at radius 2 is 2.03 bits per heavy atom. The lowest BCUT2D eigenvalue weighted by Gasteiger charge is -2.27. The molecular formula is C21H18F3N3O3. The zero-order valence-corrected chi connectivity index (χ0v) is 15.7. The molecule has 1 aromatic carbocycles. The molecule has 2 heterocycles. The number of pyridine rings is 1. The van der Waals surface area contributed by atoms with Gasteiger partial charge in [0.2, 0.25) is 5.43 Å².